The molecule has 0 radical (unpaired) electrons. The molecule has 0 amide bonds. The van der Waals surface area contributed by atoms with Crippen molar-refractivity contribution in [2.75, 3.05) is 7.11 Å². The van der Waals surface area contributed by atoms with Crippen molar-refractivity contribution >= 4 is 5.97 Å². The van der Waals surface area contributed by atoms with Crippen LogP contribution in [0.25, 0.3) is 0 Å². The Labute approximate surface area is 92.6 Å². The van der Waals surface area contributed by atoms with Crippen LogP contribution in [0.4, 0.5) is 4.39 Å². The first-order chi connectivity index (χ1) is 7.67. The molecular weight excluding hydrogens is 209 g/mol. The van der Waals surface area contributed by atoms with E-state index < -0.39 is 5.54 Å². The highest BCUT2D eigenvalue weighted by Crippen LogP contribution is 2.55. The molecule has 0 spiro atoms. The van der Waals surface area contributed by atoms with Crippen LogP contribution in [0.2, 0.25) is 0 Å². The molecule has 1 aliphatic carbocycles. The zero-order valence-electron chi connectivity index (χ0n) is 8.92. The molecule has 0 bridgehead atoms. The number of halogens is 1. The van der Waals surface area contributed by atoms with Crippen molar-refractivity contribution in [3.63, 3.8) is 0 Å². The largest absolute Gasteiger partial charge is 0.468 e. The van der Waals surface area contributed by atoms with Crippen LogP contribution in [0, 0.1) is 5.82 Å². The number of esters is 1. The third-order valence-corrected chi connectivity index (χ3v) is 3.59. The van der Waals surface area contributed by atoms with Crippen molar-refractivity contribution in [3.05, 3.63) is 35.1 Å². The van der Waals surface area contributed by atoms with Gasteiger partial charge in [0.25, 0.3) is 0 Å². The molecule has 0 saturated heterocycles. The average molecular weight is 221 g/mol. The van der Waals surface area contributed by atoms with E-state index >= 15 is 0 Å². The highest BCUT2D eigenvalue weighted by Gasteiger charge is 2.63. The Bertz CT molecular complexity index is 474. The molecule has 2 aliphatic rings. The summed E-state index contributed by atoms with van der Waals surface area (Å²) in [6.07, 6.45) is 0.748. The quantitative estimate of drug-likeness (QED) is 0.727. The Morgan fingerprint density at radius 3 is 3.19 bits per heavy atom. The molecule has 1 saturated carbocycles. The lowest BCUT2D eigenvalue weighted by Crippen LogP contribution is -2.43. The lowest BCUT2D eigenvalue weighted by Gasteiger charge is -2.23. The van der Waals surface area contributed by atoms with Gasteiger partial charge < -0.3 is 4.74 Å². The molecule has 84 valence electrons. The van der Waals surface area contributed by atoms with E-state index in [0.717, 1.165) is 17.5 Å². The highest BCUT2D eigenvalue weighted by molar-refractivity contribution is 5.87. The Morgan fingerprint density at radius 1 is 1.62 bits per heavy atom. The molecule has 0 unspecified atom stereocenters. The summed E-state index contributed by atoms with van der Waals surface area (Å²) in [5.41, 5.74) is 1.48. The zero-order valence-corrected chi connectivity index (χ0v) is 8.92. The maximum Gasteiger partial charge on any atom is 0.326 e. The summed E-state index contributed by atoms with van der Waals surface area (Å²) >= 11 is 0. The molecule has 2 atom stereocenters. The molecule has 3 nitrogen and oxygen atoms in total. The first-order valence-corrected chi connectivity index (χ1v) is 5.29. The third-order valence-electron chi connectivity index (χ3n) is 3.59. The van der Waals surface area contributed by atoms with Gasteiger partial charge in [0.2, 0.25) is 0 Å². The number of carbonyl (C=O) groups is 1. The molecule has 1 heterocycles. The van der Waals surface area contributed by atoms with Crippen LogP contribution < -0.4 is 5.32 Å². The minimum atomic E-state index is -0.542. The molecule has 3 rings (SSSR count). The molecule has 1 N–H and O–H groups in total. The van der Waals surface area contributed by atoms with E-state index in [1.54, 1.807) is 6.07 Å². The minimum absolute atomic E-state index is 0.143. The number of benzene rings is 1. The first kappa shape index (κ1) is 9.78. The van der Waals surface area contributed by atoms with Crippen molar-refractivity contribution in [1.29, 1.82) is 0 Å². The fourth-order valence-corrected chi connectivity index (χ4v) is 2.63. The van der Waals surface area contributed by atoms with Crippen LogP contribution in [-0.2, 0) is 16.1 Å². The highest BCUT2D eigenvalue weighted by atomic mass is 19.1. The van der Waals surface area contributed by atoms with E-state index in [1.807, 2.05) is 0 Å². The normalized spacial score (nSPS) is 30.2. The van der Waals surface area contributed by atoms with E-state index in [4.69, 9.17) is 4.74 Å². The Morgan fingerprint density at radius 2 is 2.44 bits per heavy atom. The van der Waals surface area contributed by atoms with Gasteiger partial charge >= 0.3 is 5.97 Å². The molecule has 4 heteroatoms. The molecular formula is C12H12FNO2. The maximum absolute atomic E-state index is 13.0. The van der Waals surface area contributed by atoms with Crippen molar-refractivity contribution in [2.45, 2.75) is 24.4 Å². The fraction of sp³-hybridized carbons (Fsp3) is 0.417. The topological polar surface area (TPSA) is 38.3 Å². The van der Waals surface area contributed by atoms with Gasteiger partial charge in [-0.3, -0.25) is 10.1 Å². The van der Waals surface area contributed by atoms with Crippen LogP contribution in [0.3, 0.4) is 0 Å². The zero-order chi connectivity index (χ0) is 11.3. The van der Waals surface area contributed by atoms with Crippen LogP contribution in [-0.4, -0.2) is 18.6 Å². The van der Waals surface area contributed by atoms with Crippen LogP contribution in [0.15, 0.2) is 18.2 Å². The van der Waals surface area contributed by atoms with Crippen molar-refractivity contribution in [3.8, 4) is 0 Å². The van der Waals surface area contributed by atoms with Gasteiger partial charge in [0.05, 0.1) is 7.11 Å². The number of rotatable bonds is 1. The number of hydrogen-bond acceptors (Lipinski definition) is 3. The smallest absolute Gasteiger partial charge is 0.326 e. The average Bonchev–Trinajstić information content (AvgIpc) is 3.03. The van der Waals surface area contributed by atoms with Crippen molar-refractivity contribution in [1.82, 2.24) is 5.32 Å². The summed E-state index contributed by atoms with van der Waals surface area (Å²) in [5, 5.41) is 3.16. The van der Waals surface area contributed by atoms with Gasteiger partial charge in [0, 0.05) is 12.5 Å². The van der Waals surface area contributed by atoms with E-state index in [1.165, 1.54) is 19.2 Å². The summed E-state index contributed by atoms with van der Waals surface area (Å²) in [5.74, 6) is -0.302. The van der Waals surface area contributed by atoms with Gasteiger partial charge in [-0.2, -0.15) is 0 Å². The molecule has 16 heavy (non-hydrogen) atoms. The van der Waals surface area contributed by atoms with Crippen LogP contribution >= 0.6 is 0 Å². The van der Waals surface area contributed by atoms with Gasteiger partial charge in [-0.1, -0.05) is 6.07 Å². The lowest BCUT2D eigenvalue weighted by atomic mass is 9.96. The van der Waals surface area contributed by atoms with Crippen molar-refractivity contribution < 1.29 is 13.9 Å². The van der Waals surface area contributed by atoms with Crippen LogP contribution in [0.1, 0.15) is 23.5 Å². The van der Waals surface area contributed by atoms with E-state index in [9.17, 15) is 9.18 Å². The van der Waals surface area contributed by atoms with Crippen LogP contribution in [0.5, 0.6) is 0 Å². The molecule has 1 aromatic carbocycles. The fourth-order valence-electron chi connectivity index (χ4n) is 2.63. The Hall–Kier alpha value is -1.42. The number of hydrogen-bond donors (Lipinski definition) is 1. The number of nitrogens with one attached hydrogen (secondary N) is 1. The molecule has 1 aromatic rings. The Balaban J connectivity index is 1.98. The van der Waals surface area contributed by atoms with Gasteiger partial charge in [0.1, 0.15) is 11.4 Å². The summed E-state index contributed by atoms with van der Waals surface area (Å²) in [6, 6.07) is 4.76. The van der Waals surface area contributed by atoms with E-state index in [0.29, 0.717) is 6.54 Å². The van der Waals surface area contributed by atoms with Crippen molar-refractivity contribution in [2.24, 2.45) is 0 Å². The van der Waals surface area contributed by atoms with E-state index in [-0.39, 0.29) is 17.7 Å². The molecule has 1 fully saturated rings. The van der Waals surface area contributed by atoms with Gasteiger partial charge in [-0.05, 0) is 29.7 Å². The third kappa shape index (κ3) is 1.13. The maximum atomic E-state index is 13.0. The predicted molar refractivity (Wildman–Crippen MR) is 55.3 cm³/mol. The second-order valence-electron chi connectivity index (χ2n) is 4.42. The standard InChI is InChI=1S/C12H12FNO2/c1-16-11(15)12-5-10(12)9-3-2-8(13)4-7(9)6-14-12/h2-4,10,14H,5-6H2,1H3/t10-,12+/m1/s1. The second kappa shape index (κ2) is 3.04. The summed E-state index contributed by atoms with van der Waals surface area (Å²) < 4.78 is 17.8. The monoisotopic (exact) mass is 221 g/mol. The first-order valence-electron chi connectivity index (χ1n) is 5.29. The SMILES string of the molecule is COC(=O)[C@]12C[C@@H]1c1ccc(F)cc1CN2. The Kier molecular flexibility index (Phi) is 1.86. The van der Waals surface area contributed by atoms with Gasteiger partial charge in [0.15, 0.2) is 0 Å². The number of methoxy groups -OCH3 is 1. The van der Waals surface area contributed by atoms with Gasteiger partial charge in [-0.15, -0.1) is 0 Å². The molecule has 0 aromatic heterocycles. The van der Waals surface area contributed by atoms with E-state index in [2.05, 4.69) is 5.32 Å². The predicted octanol–water partition coefficient (Wildman–Crippen LogP) is 1.33. The summed E-state index contributed by atoms with van der Waals surface area (Å²) in [4.78, 5) is 11.6. The molecule has 1 aliphatic heterocycles. The summed E-state index contributed by atoms with van der Waals surface area (Å²) in [6.45, 7) is 0.526. The minimum Gasteiger partial charge on any atom is -0.468 e. The second-order valence-corrected chi connectivity index (χ2v) is 4.42. The lowest BCUT2D eigenvalue weighted by molar-refractivity contribution is -0.144. The number of ether oxygens (including phenoxy) is 1. The number of fused-ring (bicyclic) bond motifs is 3. The van der Waals surface area contributed by atoms with Gasteiger partial charge in [-0.25, -0.2) is 4.39 Å². The number of carbonyl (C=O) groups excluding carboxylic acids is 1. The summed E-state index contributed by atoms with van der Waals surface area (Å²) in [7, 11) is 1.40.